The van der Waals surface area contributed by atoms with E-state index in [9.17, 15) is 0 Å². The fourth-order valence-electron chi connectivity index (χ4n) is 8.56. The number of rotatable bonds is 23. The smallest absolute Gasteiger partial charge is 0.127 e. The fourth-order valence-corrected chi connectivity index (χ4v) is 8.56. The van der Waals surface area contributed by atoms with Crippen LogP contribution < -0.4 is 21.9 Å². The monoisotopic (exact) mass is 869 g/mol. The topological polar surface area (TPSA) is 79.1 Å². The molecular formula is C54H69ClN6O2. The molecule has 5 heterocycles. The minimum atomic E-state index is 0. The van der Waals surface area contributed by atoms with Crippen LogP contribution >= 0.6 is 0 Å². The van der Waals surface area contributed by atoms with Crippen LogP contribution in [0.25, 0.3) is 68.6 Å². The average Bonchev–Trinajstić information content (AvgIpc) is 4.10. The van der Waals surface area contributed by atoms with Crippen molar-refractivity contribution in [2.75, 3.05) is 61.0 Å². The molecule has 0 spiro atoms. The Morgan fingerprint density at radius 3 is 1.76 bits per heavy atom. The lowest BCUT2D eigenvalue weighted by Gasteiger charge is -2.30. The highest BCUT2D eigenvalue weighted by Gasteiger charge is 2.18. The number of benzene rings is 2. The first kappa shape index (κ1) is 47.3. The summed E-state index contributed by atoms with van der Waals surface area (Å²) in [5.74, 6) is 1.76. The summed E-state index contributed by atoms with van der Waals surface area (Å²) < 4.78 is 13.8. The summed E-state index contributed by atoms with van der Waals surface area (Å²) in [4.78, 5) is 20.0. The Balaban J connectivity index is 0.00000661. The van der Waals surface area contributed by atoms with Gasteiger partial charge in [-0.15, -0.1) is 0 Å². The highest BCUT2D eigenvalue weighted by molar-refractivity contribution is 5.94. The molecule has 63 heavy (non-hydrogen) atoms. The van der Waals surface area contributed by atoms with Crippen LogP contribution in [0.3, 0.4) is 0 Å². The standard InChI is InChI=1S/C54H69N6O2.ClH/c1-6-7-8-9-10-11-12-13-14-17-37-61-46-28-22-41(23-29-46)53-48-30-24-42(55-48)39-44-26-32-50(57-44)54(51-33-27-45(58-51)40-43-25-31-49(53)56-43)47-20-15-16-21-52(47)62-38-19-36-60(4,5)35-18-34-59(2)3;/h15-16,20-33,39-40,55,58H,6-14,17-19,34-38H2,1-5H3;1H/q+1;/p-1. The molecule has 334 valence electrons. The molecule has 2 aliphatic rings. The highest BCUT2D eigenvalue weighted by Crippen LogP contribution is 2.37. The van der Waals surface area contributed by atoms with E-state index in [2.05, 4.69) is 159 Å². The summed E-state index contributed by atoms with van der Waals surface area (Å²) in [6.07, 6.45) is 23.7. The highest BCUT2D eigenvalue weighted by atomic mass is 35.5. The van der Waals surface area contributed by atoms with E-state index in [1.807, 2.05) is 0 Å². The first-order valence-electron chi connectivity index (χ1n) is 23.3. The molecule has 8 nitrogen and oxygen atoms in total. The summed E-state index contributed by atoms with van der Waals surface area (Å²) in [7, 11) is 8.92. The van der Waals surface area contributed by atoms with Gasteiger partial charge in [0.05, 0.1) is 63.2 Å². The third-order valence-corrected chi connectivity index (χ3v) is 12.0. The Morgan fingerprint density at radius 2 is 1.13 bits per heavy atom. The van der Waals surface area contributed by atoms with E-state index in [1.54, 1.807) is 0 Å². The van der Waals surface area contributed by atoms with Crippen molar-refractivity contribution in [1.82, 2.24) is 24.8 Å². The summed E-state index contributed by atoms with van der Waals surface area (Å²) in [5.41, 5.74) is 11.6. The molecule has 0 atom stereocenters. The average molecular weight is 870 g/mol. The Hall–Kier alpha value is -5.15. The van der Waals surface area contributed by atoms with Gasteiger partial charge >= 0.3 is 0 Å². The number of fused-ring (bicyclic) bond motifs is 8. The van der Waals surface area contributed by atoms with E-state index in [-0.39, 0.29) is 12.4 Å². The van der Waals surface area contributed by atoms with Crippen LogP contribution in [-0.2, 0) is 0 Å². The number of ether oxygens (including phenoxy) is 2. The number of nitrogens with one attached hydrogen (secondary N) is 2. The number of quaternary nitrogens is 1. The number of H-pyrrole nitrogens is 2. The van der Waals surface area contributed by atoms with Gasteiger partial charge in [-0.2, -0.15) is 0 Å². The maximum atomic E-state index is 6.58. The number of unbranched alkanes of at least 4 members (excludes halogenated alkanes) is 9. The Morgan fingerprint density at radius 1 is 0.571 bits per heavy atom. The van der Waals surface area contributed by atoms with Gasteiger partial charge in [0, 0.05) is 58.1 Å². The molecule has 5 aromatic rings. The van der Waals surface area contributed by atoms with Gasteiger partial charge < -0.3 is 41.2 Å². The summed E-state index contributed by atoms with van der Waals surface area (Å²) >= 11 is 0. The van der Waals surface area contributed by atoms with Crippen molar-refractivity contribution in [3.8, 4) is 33.8 Å². The zero-order chi connectivity index (χ0) is 43.2. The van der Waals surface area contributed by atoms with Gasteiger partial charge in [-0.05, 0) is 105 Å². The second-order valence-electron chi connectivity index (χ2n) is 18.0. The number of para-hydroxylation sites is 1. The number of halogens is 1. The van der Waals surface area contributed by atoms with Crippen LogP contribution in [0.5, 0.6) is 11.5 Å². The maximum absolute atomic E-state index is 6.58. The molecule has 8 bridgehead atoms. The van der Waals surface area contributed by atoms with Crippen molar-refractivity contribution in [3.63, 3.8) is 0 Å². The number of aromatic nitrogens is 4. The van der Waals surface area contributed by atoms with E-state index in [4.69, 9.17) is 19.4 Å². The largest absolute Gasteiger partial charge is 1.00 e. The molecular weight excluding hydrogens is 800 g/mol. The predicted molar refractivity (Wildman–Crippen MR) is 262 cm³/mol. The molecule has 2 N–H and O–H groups in total. The van der Waals surface area contributed by atoms with Crippen molar-refractivity contribution in [1.29, 1.82) is 0 Å². The molecule has 0 aliphatic carbocycles. The van der Waals surface area contributed by atoms with E-state index in [1.165, 1.54) is 64.2 Å². The van der Waals surface area contributed by atoms with Gasteiger partial charge in [-0.25, -0.2) is 9.97 Å². The van der Waals surface area contributed by atoms with Gasteiger partial charge in [0.1, 0.15) is 11.5 Å². The zero-order valence-corrected chi connectivity index (χ0v) is 39.2. The van der Waals surface area contributed by atoms with Gasteiger partial charge in [-0.1, -0.05) is 95.0 Å². The normalized spacial score (nSPS) is 12.2. The van der Waals surface area contributed by atoms with Gasteiger partial charge in [0.25, 0.3) is 0 Å². The summed E-state index contributed by atoms with van der Waals surface area (Å²) in [6.45, 7) is 6.99. The number of aromatic amines is 2. The molecule has 2 aliphatic heterocycles. The fraction of sp³-hybridized carbons (Fsp3) is 0.407. The van der Waals surface area contributed by atoms with Crippen molar-refractivity contribution in [2.24, 2.45) is 0 Å². The lowest BCUT2D eigenvalue weighted by Crippen LogP contribution is -3.00. The second-order valence-corrected chi connectivity index (χ2v) is 18.0. The van der Waals surface area contributed by atoms with E-state index >= 15 is 0 Å². The van der Waals surface area contributed by atoms with Crippen molar-refractivity contribution < 1.29 is 26.4 Å². The first-order valence-corrected chi connectivity index (χ1v) is 23.3. The van der Waals surface area contributed by atoms with E-state index in [0.717, 1.165) is 122 Å². The molecule has 0 amide bonds. The number of hydrogen-bond donors (Lipinski definition) is 2. The van der Waals surface area contributed by atoms with Gasteiger partial charge in [0.15, 0.2) is 0 Å². The molecule has 0 fully saturated rings. The number of hydrogen-bond acceptors (Lipinski definition) is 5. The molecule has 2 aromatic carbocycles. The lowest BCUT2D eigenvalue weighted by molar-refractivity contribution is -0.890. The summed E-state index contributed by atoms with van der Waals surface area (Å²) in [6, 6.07) is 29.6. The van der Waals surface area contributed by atoms with Crippen LogP contribution in [0, 0.1) is 0 Å². The molecule has 0 saturated carbocycles. The molecule has 0 saturated heterocycles. The van der Waals surface area contributed by atoms with Crippen LogP contribution in [-0.4, -0.2) is 90.4 Å². The summed E-state index contributed by atoms with van der Waals surface area (Å²) in [5, 5.41) is 0. The third kappa shape index (κ3) is 13.7. The van der Waals surface area contributed by atoms with Crippen LogP contribution in [0.2, 0.25) is 0 Å². The second kappa shape index (κ2) is 23.5. The zero-order valence-electron chi connectivity index (χ0n) is 38.4. The van der Waals surface area contributed by atoms with E-state index in [0.29, 0.717) is 6.61 Å². The third-order valence-electron chi connectivity index (χ3n) is 12.0. The molecule has 3 aromatic heterocycles. The predicted octanol–water partition coefficient (Wildman–Crippen LogP) is 10.1. The van der Waals surface area contributed by atoms with Gasteiger partial charge in [-0.3, -0.25) is 0 Å². The van der Waals surface area contributed by atoms with Gasteiger partial charge in [0.2, 0.25) is 0 Å². The van der Waals surface area contributed by atoms with Crippen molar-refractivity contribution >= 4 is 46.4 Å². The maximum Gasteiger partial charge on any atom is 0.127 e. The van der Waals surface area contributed by atoms with Crippen molar-refractivity contribution in [2.45, 2.75) is 84.0 Å². The Bertz CT molecular complexity index is 2440. The lowest BCUT2D eigenvalue weighted by atomic mass is 10.0. The van der Waals surface area contributed by atoms with Crippen LogP contribution in [0.4, 0.5) is 0 Å². The Labute approximate surface area is 382 Å². The van der Waals surface area contributed by atoms with Crippen LogP contribution in [0.1, 0.15) is 107 Å². The van der Waals surface area contributed by atoms with E-state index < -0.39 is 0 Å². The minimum Gasteiger partial charge on any atom is -1.00 e. The quantitative estimate of drug-likeness (QED) is 0.0495. The first-order chi connectivity index (χ1) is 30.2. The molecule has 0 unspecified atom stereocenters. The molecule has 9 heteroatoms. The molecule has 7 rings (SSSR count). The SMILES string of the molecule is CCCCCCCCCCCCOc1ccc(-c2c3nc(cc4ccc([nH]4)c(-c4ccccc4OCCC[N+](C)(C)CCCN(C)C)c4nc(cc5ccc2[nH]5)C=C4)C=C3)cc1.[Cl-]. The van der Waals surface area contributed by atoms with Crippen LogP contribution in [0.15, 0.2) is 84.9 Å². The van der Waals surface area contributed by atoms with Crippen molar-refractivity contribution in [3.05, 3.63) is 108 Å². The molecule has 0 radical (unpaired) electrons. The number of nitrogens with zero attached hydrogens (tertiary/aromatic N) is 4. The Kier molecular flexibility index (Phi) is 17.7. The minimum absolute atomic E-state index is 0.